The van der Waals surface area contributed by atoms with Gasteiger partial charge in [0.1, 0.15) is 0 Å². The number of amides is 2. The van der Waals surface area contributed by atoms with Gasteiger partial charge in [0.25, 0.3) is 11.8 Å². The third-order valence-electron chi connectivity index (χ3n) is 4.46. The Morgan fingerprint density at radius 2 is 1.45 bits per heavy atom. The molecule has 0 saturated carbocycles. The SMILES string of the molecule is CCCCNC(=O)c1ccc(NC(=S)NC(=O)c2ccc(C(C)(C)C)cc2)cc1. The van der Waals surface area contributed by atoms with Gasteiger partial charge in [-0.1, -0.05) is 46.2 Å². The molecule has 0 saturated heterocycles. The van der Waals surface area contributed by atoms with E-state index in [1.807, 2.05) is 12.1 Å². The Hall–Kier alpha value is -2.73. The number of benzene rings is 2. The summed E-state index contributed by atoms with van der Waals surface area (Å²) in [5.74, 6) is -0.366. The largest absolute Gasteiger partial charge is 0.352 e. The lowest BCUT2D eigenvalue weighted by Gasteiger charge is -2.19. The summed E-state index contributed by atoms with van der Waals surface area (Å²) in [5.41, 5.74) is 3.02. The Balaban J connectivity index is 1.90. The van der Waals surface area contributed by atoms with Gasteiger partial charge in [0.05, 0.1) is 0 Å². The van der Waals surface area contributed by atoms with Crippen LogP contribution < -0.4 is 16.0 Å². The molecule has 2 rings (SSSR count). The number of unbranched alkanes of at least 4 members (excludes halogenated alkanes) is 1. The minimum atomic E-state index is -0.269. The zero-order valence-electron chi connectivity index (χ0n) is 17.5. The van der Waals surface area contributed by atoms with Gasteiger partial charge in [-0.25, -0.2) is 0 Å². The van der Waals surface area contributed by atoms with E-state index in [0.717, 1.165) is 18.4 Å². The van der Waals surface area contributed by atoms with Gasteiger partial charge in [-0.05, 0) is 66.0 Å². The number of hydrogen-bond donors (Lipinski definition) is 3. The van der Waals surface area contributed by atoms with Gasteiger partial charge in [0.2, 0.25) is 0 Å². The van der Waals surface area contributed by atoms with Crippen molar-refractivity contribution in [2.45, 2.75) is 46.0 Å². The predicted octanol–water partition coefficient (Wildman–Crippen LogP) is 4.64. The van der Waals surface area contributed by atoms with Crippen LogP contribution in [0.1, 0.15) is 66.8 Å². The number of carbonyl (C=O) groups excluding carboxylic acids is 2. The van der Waals surface area contributed by atoms with Crippen molar-refractivity contribution in [3.8, 4) is 0 Å². The van der Waals surface area contributed by atoms with Gasteiger partial charge in [-0.2, -0.15) is 0 Å². The molecule has 0 aliphatic carbocycles. The summed E-state index contributed by atoms with van der Waals surface area (Å²) in [4.78, 5) is 24.4. The van der Waals surface area contributed by atoms with E-state index >= 15 is 0 Å². The monoisotopic (exact) mass is 411 g/mol. The fraction of sp³-hybridized carbons (Fsp3) is 0.348. The van der Waals surface area contributed by atoms with Gasteiger partial charge >= 0.3 is 0 Å². The van der Waals surface area contributed by atoms with Crippen LogP contribution in [0, 0.1) is 0 Å². The summed E-state index contributed by atoms with van der Waals surface area (Å²) in [5, 5.41) is 8.72. The summed E-state index contributed by atoms with van der Waals surface area (Å²) in [6.07, 6.45) is 1.99. The molecule has 0 unspecified atom stereocenters. The first-order valence-electron chi connectivity index (χ1n) is 9.82. The zero-order valence-corrected chi connectivity index (χ0v) is 18.3. The summed E-state index contributed by atoms with van der Waals surface area (Å²) in [6, 6.07) is 14.5. The summed E-state index contributed by atoms with van der Waals surface area (Å²) in [6.45, 7) is 9.13. The van der Waals surface area contributed by atoms with Crippen LogP contribution in [0.3, 0.4) is 0 Å². The average molecular weight is 412 g/mol. The van der Waals surface area contributed by atoms with Gasteiger partial charge < -0.3 is 10.6 Å². The van der Waals surface area contributed by atoms with Crippen LogP contribution in [-0.2, 0) is 5.41 Å². The third-order valence-corrected chi connectivity index (χ3v) is 4.67. The molecular formula is C23H29N3O2S. The Bertz CT molecular complexity index is 853. The van der Waals surface area contributed by atoms with Crippen molar-refractivity contribution >= 4 is 34.8 Å². The van der Waals surface area contributed by atoms with Crippen LogP contribution >= 0.6 is 12.2 Å². The fourth-order valence-corrected chi connectivity index (χ4v) is 2.86. The number of hydrogen-bond acceptors (Lipinski definition) is 3. The molecule has 0 fully saturated rings. The van der Waals surface area contributed by atoms with E-state index < -0.39 is 0 Å². The highest BCUT2D eigenvalue weighted by molar-refractivity contribution is 7.80. The van der Waals surface area contributed by atoms with Crippen LogP contribution in [-0.4, -0.2) is 23.5 Å². The quantitative estimate of drug-likeness (QED) is 0.478. The van der Waals surface area contributed by atoms with Gasteiger partial charge in [0.15, 0.2) is 5.11 Å². The molecule has 0 aliphatic heterocycles. The highest BCUT2D eigenvalue weighted by Crippen LogP contribution is 2.22. The van der Waals surface area contributed by atoms with Gasteiger partial charge in [0, 0.05) is 23.4 Å². The molecule has 0 bridgehead atoms. The van der Waals surface area contributed by atoms with E-state index in [4.69, 9.17) is 12.2 Å². The molecule has 3 N–H and O–H groups in total. The van der Waals surface area contributed by atoms with Gasteiger partial charge in [-0.3, -0.25) is 14.9 Å². The maximum atomic E-state index is 12.4. The van der Waals surface area contributed by atoms with Crippen LogP contribution in [0.2, 0.25) is 0 Å². The first kappa shape index (κ1) is 22.6. The minimum absolute atomic E-state index is 0.0327. The maximum Gasteiger partial charge on any atom is 0.257 e. The normalized spacial score (nSPS) is 10.9. The lowest BCUT2D eigenvalue weighted by molar-refractivity contribution is 0.0950. The van der Waals surface area contributed by atoms with Crippen molar-refractivity contribution in [1.29, 1.82) is 0 Å². The summed E-state index contributed by atoms with van der Waals surface area (Å²) < 4.78 is 0. The molecule has 0 spiro atoms. The highest BCUT2D eigenvalue weighted by atomic mass is 32.1. The Morgan fingerprint density at radius 3 is 2.00 bits per heavy atom. The molecule has 29 heavy (non-hydrogen) atoms. The molecule has 0 atom stereocenters. The van der Waals surface area contributed by atoms with Crippen molar-refractivity contribution in [2.24, 2.45) is 0 Å². The van der Waals surface area contributed by atoms with E-state index in [1.54, 1.807) is 36.4 Å². The number of carbonyl (C=O) groups is 2. The molecule has 0 radical (unpaired) electrons. The lowest BCUT2D eigenvalue weighted by Crippen LogP contribution is -2.34. The second kappa shape index (κ2) is 10.2. The first-order valence-corrected chi connectivity index (χ1v) is 10.2. The van der Waals surface area contributed by atoms with E-state index in [1.165, 1.54) is 0 Å². The molecule has 5 nitrogen and oxygen atoms in total. The molecule has 0 aliphatic rings. The fourth-order valence-electron chi connectivity index (χ4n) is 2.64. The van der Waals surface area contributed by atoms with Crippen molar-refractivity contribution in [3.63, 3.8) is 0 Å². The Kier molecular flexibility index (Phi) is 7.91. The minimum Gasteiger partial charge on any atom is -0.352 e. The van der Waals surface area contributed by atoms with Crippen LogP contribution in [0.15, 0.2) is 48.5 Å². The van der Waals surface area contributed by atoms with Crippen molar-refractivity contribution in [2.75, 3.05) is 11.9 Å². The number of thiocarbonyl (C=S) groups is 1. The summed E-state index contributed by atoms with van der Waals surface area (Å²) >= 11 is 5.23. The van der Waals surface area contributed by atoms with Crippen LogP contribution in [0.5, 0.6) is 0 Å². The smallest absolute Gasteiger partial charge is 0.257 e. The lowest BCUT2D eigenvalue weighted by atomic mass is 9.87. The molecule has 0 aromatic heterocycles. The molecule has 2 aromatic carbocycles. The maximum absolute atomic E-state index is 12.4. The highest BCUT2D eigenvalue weighted by Gasteiger charge is 2.15. The molecule has 154 valence electrons. The molecular weight excluding hydrogens is 382 g/mol. The van der Waals surface area contributed by atoms with E-state index in [-0.39, 0.29) is 22.3 Å². The average Bonchev–Trinajstić information content (AvgIpc) is 2.68. The van der Waals surface area contributed by atoms with Crippen LogP contribution in [0.4, 0.5) is 5.69 Å². The number of rotatable bonds is 6. The van der Waals surface area contributed by atoms with Crippen molar-refractivity contribution in [1.82, 2.24) is 10.6 Å². The summed E-state index contributed by atoms with van der Waals surface area (Å²) in [7, 11) is 0. The third kappa shape index (κ3) is 6.98. The molecule has 2 aromatic rings. The number of nitrogens with one attached hydrogen (secondary N) is 3. The van der Waals surface area contributed by atoms with Crippen LogP contribution in [0.25, 0.3) is 0 Å². The van der Waals surface area contributed by atoms with E-state index in [0.29, 0.717) is 23.4 Å². The topological polar surface area (TPSA) is 70.2 Å². The molecule has 6 heteroatoms. The Morgan fingerprint density at radius 1 is 0.897 bits per heavy atom. The van der Waals surface area contributed by atoms with Crippen molar-refractivity contribution in [3.05, 3.63) is 65.2 Å². The number of anilines is 1. The predicted molar refractivity (Wildman–Crippen MR) is 123 cm³/mol. The standard InChI is InChI=1S/C23H29N3O2S/c1-5-6-15-24-20(27)16-9-13-19(14-10-16)25-22(29)26-21(28)17-7-11-18(12-8-17)23(2,3)4/h7-14H,5-6,15H2,1-4H3,(H,24,27)(H2,25,26,28,29). The van der Waals surface area contributed by atoms with Crippen molar-refractivity contribution < 1.29 is 9.59 Å². The Labute approximate surface area is 178 Å². The molecule has 0 heterocycles. The van der Waals surface area contributed by atoms with E-state index in [2.05, 4.69) is 43.6 Å². The first-order chi connectivity index (χ1) is 13.7. The second-order valence-corrected chi connectivity index (χ2v) is 8.33. The zero-order chi connectivity index (χ0) is 21.4. The second-order valence-electron chi connectivity index (χ2n) is 7.92. The van der Waals surface area contributed by atoms with Gasteiger partial charge in [-0.15, -0.1) is 0 Å². The van der Waals surface area contributed by atoms with E-state index in [9.17, 15) is 9.59 Å². The molecule has 2 amide bonds.